The van der Waals surface area contributed by atoms with Crippen molar-refractivity contribution in [2.75, 3.05) is 0 Å². The van der Waals surface area contributed by atoms with E-state index in [-0.39, 0.29) is 17.9 Å². The Hall–Kier alpha value is -3.14. The number of carbonyl (C=O) groups excluding carboxylic acids is 1. The Balaban J connectivity index is 1.53. The minimum Gasteiger partial charge on any atom is -0.346 e. The molecule has 1 atom stereocenters. The summed E-state index contributed by atoms with van der Waals surface area (Å²) in [4.78, 5) is 20.7. The van der Waals surface area contributed by atoms with Gasteiger partial charge in [0, 0.05) is 0 Å². The number of H-pyrrole nitrogens is 1. The van der Waals surface area contributed by atoms with E-state index in [2.05, 4.69) is 53.4 Å². The molecular formula is C23H23N3O. The molecule has 136 valence electrons. The van der Waals surface area contributed by atoms with Gasteiger partial charge in [0.05, 0.1) is 23.5 Å². The third kappa shape index (κ3) is 3.70. The number of aromatic amines is 1. The number of aromatic nitrogens is 2. The second kappa shape index (κ2) is 7.23. The van der Waals surface area contributed by atoms with Crippen LogP contribution in [0.5, 0.6) is 0 Å². The smallest absolute Gasteiger partial charge is 0.225 e. The topological polar surface area (TPSA) is 57.8 Å². The third-order valence-electron chi connectivity index (χ3n) is 4.86. The highest BCUT2D eigenvalue weighted by Gasteiger charge is 2.21. The highest BCUT2D eigenvalue weighted by Crippen LogP contribution is 2.22. The number of nitrogens with one attached hydrogen (secondary N) is 2. The number of hydrogen-bond donors (Lipinski definition) is 2. The Morgan fingerprint density at radius 2 is 1.74 bits per heavy atom. The highest BCUT2D eigenvalue weighted by atomic mass is 16.1. The van der Waals surface area contributed by atoms with Gasteiger partial charge in [0.2, 0.25) is 5.91 Å². The summed E-state index contributed by atoms with van der Waals surface area (Å²) in [7, 11) is 0. The summed E-state index contributed by atoms with van der Waals surface area (Å²) >= 11 is 0. The first-order valence-corrected chi connectivity index (χ1v) is 9.32. The maximum absolute atomic E-state index is 12.7. The number of amides is 1. The van der Waals surface area contributed by atoms with Crippen LogP contribution < -0.4 is 5.32 Å². The van der Waals surface area contributed by atoms with Crippen LogP contribution in [0.4, 0.5) is 0 Å². The molecule has 1 aromatic heterocycles. The summed E-state index contributed by atoms with van der Waals surface area (Å²) in [6.45, 7) is 4.18. The first-order valence-electron chi connectivity index (χ1n) is 9.32. The summed E-state index contributed by atoms with van der Waals surface area (Å²) in [6, 6.07) is 22.1. The van der Waals surface area contributed by atoms with Gasteiger partial charge in [-0.15, -0.1) is 0 Å². The molecule has 27 heavy (non-hydrogen) atoms. The fraction of sp³-hybridized carbons (Fsp3) is 0.217. The van der Waals surface area contributed by atoms with Crippen LogP contribution in [0.1, 0.15) is 31.3 Å². The standard InChI is InChI=1S/C23H23N3O/c1-15(2)22(23-24-19-9-5-6-10-20(19)25-23)26-21(27)14-16-11-12-17-7-3-4-8-18(17)13-16/h3-13,15,22H,14H2,1-2H3,(H,24,25)(H,26,27). The maximum Gasteiger partial charge on any atom is 0.225 e. The van der Waals surface area contributed by atoms with Gasteiger partial charge in [-0.25, -0.2) is 4.98 Å². The zero-order valence-corrected chi connectivity index (χ0v) is 15.6. The number of para-hydroxylation sites is 2. The van der Waals surface area contributed by atoms with Crippen molar-refractivity contribution in [2.24, 2.45) is 5.92 Å². The molecule has 4 rings (SSSR count). The lowest BCUT2D eigenvalue weighted by molar-refractivity contribution is -0.121. The van der Waals surface area contributed by atoms with E-state index >= 15 is 0 Å². The number of nitrogens with zero attached hydrogens (tertiary/aromatic N) is 1. The van der Waals surface area contributed by atoms with Crippen molar-refractivity contribution < 1.29 is 4.79 Å². The van der Waals surface area contributed by atoms with Crippen molar-refractivity contribution >= 4 is 27.7 Å². The van der Waals surface area contributed by atoms with Crippen LogP contribution in [0.15, 0.2) is 66.7 Å². The minimum absolute atomic E-state index is 0.00411. The third-order valence-corrected chi connectivity index (χ3v) is 4.86. The predicted octanol–water partition coefficient (Wildman–Crippen LogP) is 4.77. The maximum atomic E-state index is 12.7. The predicted molar refractivity (Wildman–Crippen MR) is 109 cm³/mol. The molecule has 0 saturated heterocycles. The molecule has 4 aromatic rings. The van der Waals surface area contributed by atoms with Crippen molar-refractivity contribution in [1.29, 1.82) is 0 Å². The molecule has 1 amide bonds. The second-order valence-corrected chi connectivity index (χ2v) is 7.29. The molecule has 4 heteroatoms. The summed E-state index contributed by atoms with van der Waals surface area (Å²) in [5.74, 6) is 1.04. The van der Waals surface area contributed by atoms with Gasteiger partial charge in [-0.05, 0) is 34.4 Å². The average Bonchev–Trinajstić information content (AvgIpc) is 3.09. The Labute approximate surface area is 158 Å². The molecule has 4 nitrogen and oxygen atoms in total. The van der Waals surface area contributed by atoms with Crippen LogP contribution in [-0.4, -0.2) is 15.9 Å². The zero-order chi connectivity index (χ0) is 18.8. The summed E-state index contributed by atoms with van der Waals surface area (Å²) < 4.78 is 0. The molecule has 0 radical (unpaired) electrons. The van der Waals surface area contributed by atoms with Crippen molar-refractivity contribution in [3.63, 3.8) is 0 Å². The molecule has 0 bridgehead atoms. The normalized spacial score (nSPS) is 12.6. The molecule has 0 spiro atoms. The fourth-order valence-corrected chi connectivity index (χ4v) is 3.43. The highest BCUT2D eigenvalue weighted by molar-refractivity contribution is 5.85. The molecule has 0 fully saturated rings. The lowest BCUT2D eigenvalue weighted by Gasteiger charge is -2.20. The Morgan fingerprint density at radius 3 is 2.52 bits per heavy atom. The number of imidazole rings is 1. The van der Waals surface area contributed by atoms with Gasteiger partial charge < -0.3 is 10.3 Å². The molecular weight excluding hydrogens is 334 g/mol. The number of fused-ring (bicyclic) bond motifs is 2. The van der Waals surface area contributed by atoms with Crippen LogP contribution >= 0.6 is 0 Å². The molecule has 0 aliphatic carbocycles. The summed E-state index contributed by atoms with van der Waals surface area (Å²) in [5.41, 5.74) is 2.92. The number of carbonyl (C=O) groups is 1. The van der Waals surface area contributed by atoms with E-state index in [1.165, 1.54) is 5.39 Å². The van der Waals surface area contributed by atoms with E-state index in [0.717, 1.165) is 27.8 Å². The van der Waals surface area contributed by atoms with E-state index in [1.54, 1.807) is 0 Å². The molecule has 3 aromatic carbocycles. The van der Waals surface area contributed by atoms with E-state index < -0.39 is 0 Å². The van der Waals surface area contributed by atoms with E-state index in [1.807, 2.05) is 42.5 Å². The summed E-state index contributed by atoms with van der Waals surface area (Å²) in [6.07, 6.45) is 0.355. The van der Waals surface area contributed by atoms with Crippen LogP contribution in [0.3, 0.4) is 0 Å². The van der Waals surface area contributed by atoms with Gasteiger partial charge >= 0.3 is 0 Å². The summed E-state index contributed by atoms with van der Waals surface area (Å²) in [5, 5.41) is 5.50. The lowest BCUT2D eigenvalue weighted by atomic mass is 10.0. The van der Waals surface area contributed by atoms with Gasteiger partial charge in [0.1, 0.15) is 5.82 Å². The largest absolute Gasteiger partial charge is 0.346 e. The number of hydrogen-bond acceptors (Lipinski definition) is 2. The van der Waals surface area contributed by atoms with Gasteiger partial charge in [0.15, 0.2) is 0 Å². The molecule has 0 aliphatic rings. The van der Waals surface area contributed by atoms with Crippen molar-refractivity contribution in [1.82, 2.24) is 15.3 Å². The molecule has 0 saturated carbocycles. The van der Waals surface area contributed by atoms with Gasteiger partial charge in [-0.3, -0.25) is 4.79 Å². The Bertz CT molecular complexity index is 1060. The van der Waals surface area contributed by atoms with E-state index in [4.69, 9.17) is 0 Å². The minimum atomic E-state index is -0.148. The van der Waals surface area contributed by atoms with E-state index in [9.17, 15) is 4.79 Å². The second-order valence-electron chi connectivity index (χ2n) is 7.29. The fourth-order valence-electron chi connectivity index (χ4n) is 3.43. The SMILES string of the molecule is CC(C)C(NC(=O)Cc1ccc2ccccc2c1)c1nc2ccccc2[nH]1. The Kier molecular flexibility index (Phi) is 4.63. The van der Waals surface area contributed by atoms with Crippen LogP contribution in [0.2, 0.25) is 0 Å². The first-order chi connectivity index (χ1) is 13.1. The van der Waals surface area contributed by atoms with Crippen molar-refractivity contribution in [3.8, 4) is 0 Å². The molecule has 2 N–H and O–H groups in total. The molecule has 1 heterocycles. The quantitative estimate of drug-likeness (QED) is 0.540. The molecule has 0 aliphatic heterocycles. The number of rotatable bonds is 5. The van der Waals surface area contributed by atoms with Gasteiger partial charge in [-0.1, -0.05) is 68.4 Å². The first kappa shape index (κ1) is 17.3. The molecule has 1 unspecified atom stereocenters. The Morgan fingerprint density at radius 1 is 1.00 bits per heavy atom. The van der Waals surface area contributed by atoms with Gasteiger partial charge in [0.25, 0.3) is 0 Å². The van der Waals surface area contributed by atoms with Crippen LogP contribution in [0.25, 0.3) is 21.8 Å². The van der Waals surface area contributed by atoms with Crippen molar-refractivity contribution in [2.45, 2.75) is 26.3 Å². The van der Waals surface area contributed by atoms with Crippen molar-refractivity contribution in [3.05, 3.63) is 78.1 Å². The zero-order valence-electron chi connectivity index (χ0n) is 15.6. The van der Waals surface area contributed by atoms with Crippen LogP contribution in [0, 0.1) is 5.92 Å². The lowest BCUT2D eigenvalue weighted by Crippen LogP contribution is -2.33. The average molecular weight is 357 g/mol. The van der Waals surface area contributed by atoms with Gasteiger partial charge in [-0.2, -0.15) is 0 Å². The van der Waals surface area contributed by atoms with E-state index in [0.29, 0.717) is 6.42 Å². The monoisotopic (exact) mass is 357 g/mol. The number of benzene rings is 3. The van der Waals surface area contributed by atoms with Crippen LogP contribution in [-0.2, 0) is 11.2 Å².